The van der Waals surface area contributed by atoms with E-state index in [0.717, 1.165) is 51.4 Å². The third-order valence-corrected chi connectivity index (χ3v) is 15.5. The molecule has 1 aromatic heterocycles. The van der Waals surface area contributed by atoms with E-state index in [2.05, 4.69) is 37.9 Å². The van der Waals surface area contributed by atoms with Gasteiger partial charge in [-0.2, -0.15) is 0 Å². The van der Waals surface area contributed by atoms with Gasteiger partial charge < -0.3 is 23.4 Å². The minimum absolute atomic E-state index is 0.151. The van der Waals surface area contributed by atoms with E-state index in [1.807, 2.05) is 13.8 Å². The zero-order valence-electron chi connectivity index (χ0n) is 31.8. The van der Waals surface area contributed by atoms with Crippen LogP contribution in [0.2, 0.25) is 0 Å². The lowest BCUT2D eigenvalue weighted by Gasteiger charge is -2.61. The van der Waals surface area contributed by atoms with Crippen LogP contribution in [-0.4, -0.2) is 57.8 Å². The molecule has 1 aromatic carbocycles. The largest absolute Gasteiger partial charge is 0.420 e. The van der Waals surface area contributed by atoms with Crippen molar-refractivity contribution < 1.29 is 47.3 Å². The highest BCUT2D eigenvalue weighted by atomic mass is 19.1. The first-order chi connectivity index (χ1) is 25.4. The quantitative estimate of drug-likeness (QED) is 0.267. The van der Waals surface area contributed by atoms with Crippen LogP contribution in [0.1, 0.15) is 118 Å². The number of halogens is 1. The lowest BCUT2D eigenvalue weighted by atomic mass is 9.56. The van der Waals surface area contributed by atoms with Crippen molar-refractivity contribution in [2.75, 3.05) is 0 Å². The molecule has 0 amide bonds. The number of ether oxygens (including phenoxy) is 4. The number of benzene rings is 1. The van der Waals surface area contributed by atoms with Crippen LogP contribution in [0.5, 0.6) is 0 Å². The zero-order valence-corrected chi connectivity index (χ0v) is 31.8. The first-order valence-electron chi connectivity index (χ1n) is 20.4. The molecule has 0 radical (unpaired) electrons. The van der Waals surface area contributed by atoms with Gasteiger partial charge in [0.2, 0.25) is 23.4 Å². The lowest BCUT2D eigenvalue weighted by Crippen LogP contribution is -2.70. The molecule has 8 saturated heterocycles. The molecule has 10 aliphatic rings. The predicted octanol–water partition coefficient (Wildman–Crippen LogP) is 8.24. The maximum Gasteiger partial charge on any atom is 0.247 e. The summed E-state index contributed by atoms with van der Waals surface area (Å²) in [6, 6.07) is 6.16. The van der Waals surface area contributed by atoms with E-state index in [9.17, 15) is 4.39 Å². The van der Waals surface area contributed by atoms with E-state index in [4.69, 9.17) is 42.9 Å². The Balaban J connectivity index is 0.985. The van der Waals surface area contributed by atoms with Gasteiger partial charge in [-0.3, -0.25) is 0 Å². The van der Waals surface area contributed by atoms with Crippen molar-refractivity contribution in [3.05, 3.63) is 36.0 Å². The summed E-state index contributed by atoms with van der Waals surface area (Å²) in [6.45, 7) is 13.2. The van der Waals surface area contributed by atoms with Crippen molar-refractivity contribution in [3.63, 3.8) is 0 Å². The Kier molecular flexibility index (Phi) is 8.34. The van der Waals surface area contributed by atoms with Gasteiger partial charge in [-0.15, -0.1) is 10.2 Å². The average Bonchev–Trinajstić information content (AvgIpc) is 3.37. The first-order valence-corrected chi connectivity index (χ1v) is 20.4. The molecule has 0 N–H and O–H groups in total. The molecular weight excluding hydrogens is 683 g/mol. The predicted molar refractivity (Wildman–Crippen MR) is 185 cm³/mol. The smallest absolute Gasteiger partial charge is 0.247 e. The van der Waals surface area contributed by atoms with E-state index >= 15 is 0 Å². The molecular formula is C41H55FN2O9. The molecule has 11 nitrogen and oxygen atoms in total. The molecule has 10 fully saturated rings. The van der Waals surface area contributed by atoms with Gasteiger partial charge in [-0.05, 0) is 125 Å². The van der Waals surface area contributed by atoms with Crippen molar-refractivity contribution in [2.45, 2.75) is 159 Å². The molecule has 0 unspecified atom stereocenters. The van der Waals surface area contributed by atoms with Gasteiger partial charge in [0.15, 0.2) is 23.8 Å². The molecule has 2 aromatic rings. The van der Waals surface area contributed by atoms with E-state index < -0.39 is 35.4 Å². The molecule has 2 saturated carbocycles. The Morgan fingerprint density at radius 3 is 1.68 bits per heavy atom. The minimum atomic E-state index is -0.851. The Labute approximate surface area is 311 Å². The number of nitrogens with zero attached hydrogens (tertiary/aromatic N) is 2. The Hall–Kier alpha value is -2.03. The van der Waals surface area contributed by atoms with Gasteiger partial charge >= 0.3 is 0 Å². The fraction of sp³-hybridized carbons (Fsp3) is 0.805. The fourth-order valence-corrected chi connectivity index (χ4v) is 12.5. The Bertz CT molecular complexity index is 1620. The van der Waals surface area contributed by atoms with Gasteiger partial charge in [0, 0.05) is 36.2 Å². The molecule has 2 aliphatic carbocycles. The third kappa shape index (κ3) is 5.32. The van der Waals surface area contributed by atoms with Gasteiger partial charge in [0.05, 0.1) is 12.2 Å². The molecule has 16 atom stereocenters. The average molecular weight is 739 g/mol. The van der Waals surface area contributed by atoms with E-state index in [1.165, 1.54) is 12.1 Å². The maximum atomic E-state index is 13.8. The van der Waals surface area contributed by atoms with Crippen LogP contribution in [0.15, 0.2) is 28.7 Å². The molecule has 4 bridgehead atoms. The fourth-order valence-electron chi connectivity index (χ4n) is 12.5. The lowest BCUT2D eigenvalue weighted by molar-refractivity contribution is -0.571. The summed E-state index contributed by atoms with van der Waals surface area (Å²) in [6.07, 6.45) is 7.63. The van der Waals surface area contributed by atoms with Crippen LogP contribution < -0.4 is 0 Å². The summed E-state index contributed by atoms with van der Waals surface area (Å²) >= 11 is 0. The number of fused-ring (bicyclic) bond motifs is 4. The van der Waals surface area contributed by atoms with Gasteiger partial charge in [-0.25, -0.2) is 23.9 Å². The first kappa shape index (κ1) is 35.4. The van der Waals surface area contributed by atoms with Crippen LogP contribution in [0.4, 0.5) is 4.39 Å². The Morgan fingerprint density at radius 2 is 1.17 bits per heavy atom. The summed E-state index contributed by atoms with van der Waals surface area (Å²) in [5.74, 6) is 0.905. The summed E-state index contributed by atoms with van der Waals surface area (Å²) < 4.78 is 48.0. The molecule has 53 heavy (non-hydrogen) atoms. The molecule has 12 rings (SSSR count). The summed E-state index contributed by atoms with van der Waals surface area (Å²) in [5, 5.41) is 9.13. The summed E-state index contributed by atoms with van der Waals surface area (Å²) in [4.78, 5) is 25.1. The van der Waals surface area contributed by atoms with Crippen molar-refractivity contribution in [1.29, 1.82) is 0 Å². The molecule has 12 heteroatoms. The van der Waals surface area contributed by atoms with Gasteiger partial charge in [0.25, 0.3) is 0 Å². The highest BCUT2D eigenvalue weighted by Crippen LogP contribution is 2.63. The highest BCUT2D eigenvalue weighted by molar-refractivity contribution is 5.52. The van der Waals surface area contributed by atoms with Crippen molar-refractivity contribution in [2.24, 2.45) is 47.3 Å². The second kappa shape index (κ2) is 12.5. The third-order valence-electron chi connectivity index (χ3n) is 15.5. The standard InChI is InChI=1S/C41H55FN2O9/c1-21-7-13-30-23(3)32(45-36-40(30)28(21)15-17-38(5,48-36)50-52-40)19-26(35-44-43-34(47-35)25-9-11-27(42)12-10-25)20-33-24(4)31-14-8-22(2)29-16-18-39(6)49-37(46-33)41(29,31)53-51-39/h9-12,21-24,26,28-33,36-37H,7-8,13-20H2,1-6H3/t21-,22-,23-,24-,28+,29+,30+,31+,32-,33-,36-,37-,38+,39+,40-,41-/m1/s1. The second-order valence-corrected chi connectivity index (χ2v) is 18.5. The van der Waals surface area contributed by atoms with Gasteiger partial charge in [0.1, 0.15) is 5.82 Å². The van der Waals surface area contributed by atoms with Crippen LogP contribution >= 0.6 is 0 Å². The van der Waals surface area contributed by atoms with Crippen LogP contribution in [0, 0.1) is 53.2 Å². The summed E-state index contributed by atoms with van der Waals surface area (Å²) in [5.41, 5.74) is -0.612. The van der Waals surface area contributed by atoms with Crippen molar-refractivity contribution in [3.8, 4) is 11.5 Å². The van der Waals surface area contributed by atoms with E-state index in [0.29, 0.717) is 42.0 Å². The molecule has 2 spiro atoms. The highest BCUT2D eigenvalue weighted by Gasteiger charge is 2.71. The number of hydrogen-bond acceptors (Lipinski definition) is 11. The summed E-state index contributed by atoms with van der Waals surface area (Å²) in [7, 11) is 0. The second-order valence-electron chi connectivity index (χ2n) is 18.5. The number of rotatable bonds is 6. The molecule has 290 valence electrons. The SMILES string of the molecule is C[C@H]1[C@@H](CC(C[C@H]2O[C@@H]3O[C@]4(C)CC[C@H]5[C@H](C)CC[C@@H]([C@H]2C)[C@@]35OO4)c2nnc(-c3ccc(F)cc3)o2)O[C@@H]2O[C@]3(C)CC[C@H]4[C@H](C)CC[C@@H]1[C@@]24OO3. The molecule has 9 heterocycles. The van der Waals surface area contributed by atoms with Crippen LogP contribution in [-0.2, 0) is 38.5 Å². The van der Waals surface area contributed by atoms with E-state index in [-0.39, 0.29) is 59.5 Å². The monoisotopic (exact) mass is 738 g/mol. The van der Waals surface area contributed by atoms with Crippen LogP contribution in [0.3, 0.4) is 0 Å². The van der Waals surface area contributed by atoms with E-state index in [1.54, 1.807) is 12.1 Å². The normalized spacial score (nSPS) is 50.5. The van der Waals surface area contributed by atoms with Crippen molar-refractivity contribution in [1.82, 2.24) is 10.2 Å². The van der Waals surface area contributed by atoms with Gasteiger partial charge in [-0.1, -0.05) is 27.7 Å². The minimum Gasteiger partial charge on any atom is -0.420 e. The topological polar surface area (TPSA) is 113 Å². The zero-order chi connectivity index (χ0) is 36.5. The number of hydrogen-bond donors (Lipinski definition) is 0. The number of aromatic nitrogens is 2. The maximum absolute atomic E-state index is 13.8. The Morgan fingerprint density at radius 1 is 0.660 bits per heavy atom. The van der Waals surface area contributed by atoms with Crippen LogP contribution in [0.25, 0.3) is 11.5 Å². The molecule has 8 aliphatic heterocycles. The van der Waals surface area contributed by atoms with Crippen molar-refractivity contribution >= 4 is 0 Å².